The standard InChI is InChI=1S/C65H108I2O8/c1-40(2)43(28-29-58(16,17)37-61(22,23)34-55(7,8)9)50(53(72)74-64(66)48(68)30-44(51(64)70)46(41(3)4)32-59(18,19)38-62(24,25)35-56(10,11)12)54(73)75-65(67)49(69)31-45(52(65)71)47(42(5)6)33-60(20,21)39-63(26,27)36-57(13,14)15/h43-47,50H,1,3,5,28-39H2,2,4,6-27H3. The summed E-state index contributed by atoms with van der Waals surface area (Å²) < 4.78 is 7.92. The Morgan fingerprint density at radius 2 is 0.760 bits per heavy atom. The van der Waals surface area contributed by atoms with E-state index in [0.717, 1.165) is 49.7 Å². The number of Topliss-reactive ketones (excluding diaryl/α,β-unsaturated/α-hetero) is 4. The highest BCUT2D eigenvalue weighted by atomic mass is 127. The van der Waals surface area contributed by atoms with Crippen LogP contribution in [-0.4, -0.2) is 42.3 Å². The predicted molar refractivity (Wildman–Crippen MR) is 328 cm³/mol. The molecular weight excluding hydrogens is 1160 g/mol. The van der Waals surface area contributed by atoms with E-state index in [4.69, 9.17) is 9.47 Å². The molecule has 0 aromatic heterocycles. The number of carbonyl (C=O) groups is 6. The van der Waals surface area contributed by atoms with Crippen LogP contribution in [0.25, 0.3) is 0 Å². The minimum atomic E-state index is -2.23. The van der Waals surface area contributed by atoms with Gasteiger partial charge in [-0.1, -0.05) is 182 Å². The number of rotatable bonds is 26. The summed E-state index contributed by atoms with van der Waals surface area (Å²) in [5, 5.41) is 0. The second-order valence-corrected chi connectivity index (χ2v) is 35.8. The maximum Gasteiger partial charge on any atom is 0.323 e. The van der Waals surface area contributed by atoms with Gasteiger partial charge in [0.1, 0.15) is 0 Å². The van der Waals surface area contributed by atoms with Gasteiger partial charge in [-0.05, 0) is 191 Å². The first kappa shape index (κ1) is 69.4. The summed E-state index contributed by atoms with van der Waals surface area (Å²) in [6, 6.07) is 0. The molecule has 75 heavy (non-hydrogen) atoms. The lowest BCUT2D eigenvalue weighted by Crippen LogP contribution is -2.48. The van der Waals surface area contributed by atoms with Gasteiger partial charge in [0.15, 0.2) is 29.1 Å². The highest BCUT2D eigenvalue weighted by molar-refractivity contribution is 14.1. The van der Waals surface area contributed by atoms with Gasteiger partial charge in [-0.25, -0.2) is 0 Å². The smallest absolute Gasteiger partial charge is 0.323 e. The third kappa shape index (κ3) is 20.4. The fourth-order valence-corrected chi connectivity index (χ4v) is 17.3. The van der Waals surface area contributed by atoms with Crippen LogP contribution < -0.4 is 0 Å². The summed E-state index contributed by atoms with van der Waals surface area (Å²) in [5.41, 5.74) is 1.60. The summed E-state index contributed by atoms with van der Waals surface area (Å²) in [7, 11) is 0. The molecule has 0 aliphatic heterocycles. The van der Waals surface area contributed by atoms with E-state index in [0.29, 0.717) is 31.3 Å². The lowest BCUT2D eigenvalue weighted by atomic mass is 9.64. The number of hydrogen-bond acceptors (Lipinski definition) is 8. The van der Waals surface area contributed by atoms with E-state index in [1.807, 2.05) is 13.8 Å². The number of ketones is 4. The van der Waals surface area contributed by atoms with Crippen molar-refractivity contribution in [1.82, 2.24) is 0 Å². The lowest BCUT2D eigenvalue weighted by Gasteiger charge is -2.41. The van der Waals surface area contributed by atoms with Gasteiger partial charge in [-0.15, -0.1) is 0 Å². The molecule has 7 atom stereocenters. The molecule has 8 nitrogen and oxygen atoms in total. The molecule has 2 aliphatic rings. The highest BCUT2D eigenvalue weighted by Gasteiger charge is 2.62. The van der Waals surface area contributed by atoms with Gasteiger partial charge in [0.25, 0.3) is 7.22 Å². The van der Waals surface area contributed by atoms with Crippen LogP contribution in [0.1, 0.15) is 243 Å². The van der Waals surface area contributed by atoms with Gasteiger partial charge in [-0.2, -0.15) is 0 Å². The molecule has 2 aliphatic carbocycles. The van der Waals surface area contributed by atoms with Gasteiger partial charge in [0, 0.05) is 30.6 Å². The predicted octanol–water partition coefficient (Wildman–Crippen LogP) is 18.0. The van der Waals surface area contributed by atoms with Gasteiger partial charge < -0.3 is 9.47 Å². The van der Waals surface area contributed by atoms with E-state index in [9.17, 15) is 19.2 Å². The van der Waals surface area contributed by atoms with Crippen molar-refractivity contribution >= 4 is 80.3 Å². The summed E-state index contributed by atoms with van der Waals surface area (Å²) >= 11 is 3.34. The molecule has 10 heteroatoms. The Balaban J connectivity index is 2.69. The number of allylic oxidation sites excluding steroid dienone is 3. The van der Waals surface area contributed by atoms with E-state index in [1.165, 1.54) is 0 Å². The summed E-state index contributed by atoms with van der Waals surface area (Å²) in [5.74, 6) is -9.43. The topological polar surface area (TPSA) is 121 Å². The van der Waals surface area contributed by atoms with Gasteiger partial charge >= 0.3 is 11.9 Å². The normalized spacial score (nSPS) is 23.5. The highest BCUT2D eigenvalue weighted by Crippen LogP contribution is 2.53. The zero-order chi connectivity index (χ0) is 59.1. The van der Waals surface area contributed by atoms with Crippen molar-refractivity contribution in [3.8, 4) is 0 Å². The maximum atomic E-state index is 15.2. The Morgan fingerprint density at radius 1 is 0.480 bits per heavy atom. The largest absolute Gasteiger partial charge is 0.432 e. The molecule has 0 spiro atoms. The molecule has 0 aromatic rings. The molecule has 0 radical (unpaired) electrons. The maximum absolute atomic E-state index is 15.2. The molecule has 2 fully saturated rings. The van der Waals surface area contributed by atoms with E-state index in [1.54, 1.807) is 52.1 Å². The average molecular weight is 1270 g/mol. The Labute approximate surface area is 486 Å². The van der Waals surface area contributed by atoms with Crippen molar-refractivity contribution in [2.45, 2.75) is 250 Å². The van der Waals surface area contributed by atoms with Crippen LogP contribution >= 0.6 is 45.2 Å². The lowest BCUT2D eigenvalue weighted by molar-refractivity contribution is -0.177. The van der Waals surface area contributed by atoms with Crippen LogP contribution in [0.2, 0.25) is 0 Å². The van der Waals surface area contributed by atoms with Crippen LogP contribution in [-0.2, 0) is 38.2 Å². The fourth-order valence-electron chi connectivity index (χ4n) is 15.7. The summed E-state index contributed by atoms with van der Waals surface area (Å²) in [6.07, 6.45) is 7.35. The zero-order valence-electron chi connectivity index (χ0n) is 52.1. The zero-order valence-corrected chi connectivity index (χ0v) is 56.4. The van der Waals surface area contributed by atoms with Gasteiger partial charge in [0.05, 0.1) is 0 Å². The minimum absolute atomic E-state index is 0.00169. The molecule has 7 unspecified atom stereocenters. The summed E-state index contributed by atoms with van der Waals surface area (Å²) in [4.78, 5) is 88.9. The van der Waals surface area contributed by atoms with Crippen LogP contribution in [0.3, 0.4) is 0 Å². The SMILES string of the molecule is C=C(C)C(CC(C)(C)CC(C)(C)CC(C)(C)C)C1CC(=O)C(I)(OC(=O)C(C(=O)OC2(I)C(=O)CC(C(CC(C)(C)CC(C)(C)CC(C)(C)C)C(=C)C)C2=O)C(CCC(C)(C)CC(C)(C)CC(C)(C)C)C(=C)C)C1=O. The number of halogens is 2. The van der Waals surface area contributed by atoms with Crippen molar-refractivity contribution in [3.63, 3.8) is 0 Å². The molecule has 430 valence electrons. The molecule has 0 bridgehead atoms. The van der Waals surface area contributed by atoms with Crippen molar-refractivity contribution in [2.24, 2.45) is 84.2 Å². The van der Waals surface area contributed by atoms with Gasteiger partial charge in [-0.3, -0.25) is 28.8 Å². The molecule has 2 saturated carbocycles. The first-order valence-corrected chi connectivity index (χ1v) is 30.2. The Morgan fingerprint density at radius 3 is 1.01 bits per heavy atom. The monoisotopic (exact) mass is 1270 g/mol. The number of carbonyl (C=O) groups excluding carboxylic acids is 6. The Kier molecular flexibility index (Phi) is 22.4. The van der Waals surface area contributed by atoms with Crippen molar-refractivity contribution < 1.29 is 38.2 Å². The Bertz CT molecular complexity index is 2040. The van der Waals surface area contributed by atoms with Crippen LogP contribution in [0.4, 0.5) is 0 Å². The van der Waals surface area contributed by atoms with Crippen LogP contribution in [0.5, 0.6) is 0 Å². The molecule has 0 N–H and O–H groups in total. The number of esters is 2. The number of hydrogen-bond donors (Lipinski definition) is 0. The first-order chi connectivity index (χ1) is 33.1. The van der Waals surface area contributed by atoms with Crippen molar-refractivity contribution in [1.29, 1.82) is 0 Å². The summed E-state index contributed by atoms with van der Waals surface area (Å²) in [6.45, 7) is 65.3. The second-order valence-electron chi connectivity index (χ2n) is 32.7. The first-order valence-electron chi connectivity index (χ1n) is 28.1. The van der Waals surface area contributed by atoms with Gasteiger partial charge in [0.2, 0.25) is 0 Å². The molecule has 0 heterocycles. The van der Waals surface area contributed by atoms with Crippen LogP contribution in [0.15, 0.2) is 36.5 Å². The van der Waals surface area contributed by atoms with Crippen molar-refractivity contribution in [3.05, 3.63) is 36.5 Å². The molecular formula is C65H108I2O8. The number of ether oxygens (including phenoxy) is 2. The quantitative estimate of drug-likeness (QED) is 0.0276. The average Bonchev–Trinajstić information content (AvgIpc) is 3.47. The minimum Gasteiger partial charge on any atom is -0.432 e. The number of alkyl halides is 2. The van der Waals surface area contributed by atoms with E-state index >= 15 is 9.59 Å². The van der Waals surface area contributed by atoms with Crippen LogP contribution in [0, 0.1) is 84.2 Å². The third-order valence-electron chi connectivity index (χ3n) is 15.7. The Hall–Kier alpha value is -1.70. The van der Waals surface area contributed by atoms with E-state index < -0.39 is 66.0 Å². The van der Waals surface area contributed by atoms with Crippen molar-refractivity contribution in [2.75, 3.05) is 0 Å². The fraction of sp³-hybridized carbons (Fsp3) is 0.815. The molecule has 0 aromatic carbocycles. The third-order valence-corrected chi connectivity index (χ3v) is 18.4. The second kappa shape index (κ2) is 24.2. The van der Waals surface area contributed by atoms with E-state index in [2.05, 4.69) is 165 Å². The molecule has 2 rings (SSSR count). The van der Waals surface area contributed by atoms with E-state index in [-0.39, 0.29) is 73.4 Å². The molecule has 0 amide bonds. The molecule has 0 saturated heterocycles.